The van der Waals surface area contributed by atoms with E-state index < -0.39 is 17.9 Å². The monoisotopic (exact) mass is 522 g/mol. The second kappa shape index (κ2) is 9.23. The molecule has 1 fully saturated rings. The zero-order valence-electron chi connectivity index (χ0n) is 15.3. The Morgan fingerprint density at radius 3 is 2.48 bits per heavy atom. The van der Waals surface area contributed by atoms with E-state index in [1.165, 1.54) is 13.2 Å². The van der Waals surface area contributed by atoms with Crippen LogP contribution in [-0.2, 0) is 20.9 Å². The zero-order chi connectivity index (χ0) is 21.0. The van der Waals surface area contributed by atoms with Gasteiger partial charge in [0.1, 0.15) is 11.4 Å². The van der Waals surface area contributed by atoms with E-state index in [2.05, 4.69) is 41.9 Å². The molecule has 2 aromatic carbocycles. The summed E-state index contributed by atoms with van der Waals surface area (Å²) in [5.41, 5.74) is 1.47. The summed E-state index contributed by atoms with van der Waals surface area (Å²) in [5.74, 6) is -0.603. The number of carbonyl (C=O) groups excluding carboxylic acids is 3. The lowest BCUT2D eigenvalue weighted by molar-refractivity contribution is -0.142. The van der Waals surface area contributed by atoms with E-state index >= 15 is 0 Å². The molecule has 0 aromatic heterocycles. The Morgan fingerprint density at radius 1 is 1.10 bits per heavy atom. The summed E-state index contributed by atoms with van der Waals surface area (Å²) in [6.45, 7) is -0.121. The van der Waals surface area contributed by atoms with Crippen LogP contribution in [0, 0.1) is 0 Å². The molecule has 3 rings (SSSR count). The van der Waals surface area contributed by atoms with E-state index in [-0.39, 0.29) is 18.8 Å². The first-order chi connectivity index (χ1) is 13.9. The first-order valence-electron chi connectivity index (χ1n) is 8.45. The molecule has 0 radical (unpaired) electrons. The van der Waals surface area contributed by atoms with Crippen LogP contribution in [0.2, 0.25) is 0 Å². The molecule has 9 heteroatoms. The number of methoxy groups -OCH3 is 1. The normalized spacial score (nSPS) is 14.9. The molecule has 150 valence electrons. The van der Waals surface area contributed by atoms with Crippen LogP contribution in [0.3, 0.4) is 0 Å². The third kappa shape index (κ3) is 5.24. The van der Waals surface area contributed by atoms with Crippen molar-refractivity contribution in [3.63, 3.8) is 0 Å². The average Bonchev–Trinajstić information content (AvgIpc) is 2.96. The fourth-order valence-electron chi connectivity index (χ4n) is 2.60. The van der Waals surface area contributed by atoms with Gasteiger partial charge in [-0.25, -0.2) is 9.59 Å². The number of amides is 3. The number of nitrogens with zero attached hydrogens (tertiary/aromatic N) is 1. The van der Waals surface area contributed by atoms with E-state index in [0.717, 1.165) is 19.4 Å². The van der Waals surface area contributed by atoms with Crippen molar-refractivity contribution < 1.29 is 23.9 Å². The predicted molar refractivity (Wildman–Crippen MR) is 113 cm³/mol. The number of benzene rings is 2. The number of hydrogen-bond donors (Lipinski definition) is 1. The van der Waals surface area contributed by atoms with Crippen molar-refractivity contribution in [2.45, 2.75) is 6.54 Å². The van der Waals surface area contributed by atoms with Gasteiger partial charge in [0.25, 0.3) is 5.91 Å². The van der Waals surface area contributed by atoms with Gasteiger partial charge in [0.05, 0.1) is 13.7 Å². The molecule has 0 bridgehead atoms. The van der Waals surface area contributed by atoms with Crippen molar-refractivity contribution in [2.24, 2.45) is 0 Å². The SMILES string of the molecule is COC(=O)COc1ccc(Br)cc1/C=C1/NC(=O)N(Cc2ccc(Br)cc2)C1=O. The molecule has 1 saturated heterocycles. The highest BCUT2D eigenvalue weighted by atomic mass is 79.9. The Labute approximate surface area is 183 Å². The highest BCUT2D eigenvalue weighted by molar-refractivity contribution is 9.10. The van der Waals surface area contributed by atoms with Crippen molar-refractivity contribution >= 4 is 55.8 Å². The number of imide groups is 1. The molecule has 1 heterocycles. The van der Waals surface area contributed by atoms with Crippen molar-refractivity contribution in [3.8, 4) is 5.75 Å². The Morgan fingerprint density at radius 2 is 1.79 bits per heavy atom. The summed E-state index contributed by atoms with van der Waals surface area (Å²) < 4.78 is 11.7. The van der Waals surface area contributed by atoms with Gasteiger partial charge in [0.2, 0.25) is 0 Å². The minimum Gasteiger partial charge on any atom is -0.481 e. The maximum atomic E-state index is 12.7. The maximum Gasteiger partial charge on any atom is 0.343 e. The number of ether oxygens (including phenoxy) is 2. The largest absolute Gasteiger partial charge is 0.481 e. The predicted octanol–water partition coefficient (Wildman–Crippen LogP) is 3.86. The Bertz CT molecular complexity index is 989. The van der Waals surface area contributed by atoms with Crippen LogP contribution in [-0.4, -0.2) is 36.5 Å². The molecule has 2 aromatic rings. The molecule has 29 heavy (non-hydrogen) atoms. The number of nitrogens with one attached hydrogen (secondary N) is 1. The molecule has 1 aliphatic rings. The van der Waals surface area contributed by atoms with Gasteiger partial charge in [-0.05, 0) is 42.0 Å². The van der Waals surface area contributed by atoms with Crippen LogP contribution >= 0.6 is 31.9 Å². The summed E-state index contributed by atoms with van der Waals surface area (Å²) in [6, 6.07) is 12.0. The van der Waals surface area contributed by atoms with E-state index in [0.29, 0.717) is 11.3 Å². The lowest BCUT2D eigenvalue weighted by atomic mass is 10.1. The molecule has 1 N–H and O–H groups in total. The third-order valence-electron chi connectivity index (χ3n) is 4.06. The molecule has 0 unspecified atom stereocenters. The topological polar surface area (TPSA) is 84.9 Å². The fourth-order valence-corrected chi connectivity index (χ4v) is 3.25. The molecule has 0 spiro atoms. The molecule has 0 saturated carbocycles. The smallest absolute Gasteiger partial charge is 0.343 e. The van der Waals surface area contributed by atoms with Crippen LogP contribution < -0.4 is 10.1 Å². The molecule has 3 amide bonds. The van der Waals surface area contributed by atoms with Gasteiger partial charge < -0.3 is 14.8 Å². The van der Waals surface area contributed by atoms with E-state index in [1.807, 2.05) is 24.3 Å². The van der Waals surface area contributed by atoms with Gasteiger partial charge >= 0.3 is 12.0 Å². The summed E-state index contributed by atoms with van der Waals surface area (Å²) in [5, 5.41) is 2.58. The van der Waals surface area contributed by atoms with E-state index in [9.17, 15) is 14.4 Å². The van der Waals surface area contributed by atoms with Crippen LogP contribution in [0.5, 0.6) is 5.75 Å². The average molecular weight is 524 g/mol. The highest BCUT2D eigenvalue weighted by Crippen LogP contribution is 2.27. The number of esters is 1. The van der Waals surface area contributed by atoms with Crippen LogP contribution in [0.4, 0.5) is 4.79 Å². The van der Waals surface area contributed by atoms with E-state index in [4.69, 9.17) is 4.74 Å². The molecular weight excluding hydrogens is 508 g/mol. The number of carbonyl (C=O) groups is 3. The zero-order valence-corrected chi connectivity index (χ0v) is 18.4. The van der Waals surface area contributed by atoms with Crippen LogP contribution in [0.15, 0.2) is 57.1 Å². The number of rotatable bonds is 6. The molecule has 0 atom stereocenters. The van der Waals surface area contributed by atoms with Gasteiger partial charge in [-0.3, -0.25) is 9.69 Å². The molecule has 1 aliphatic heterocycles. The lowest BCUT2D eigenvalue weighted by Crippen LogP contribution is -2.30. The maximum absolute atomic E-state index is 12.7. The second-order valence-corrected chi connectivity index (χ2v) is 7.88. The first-order valence-corrected chi connectivity index (χ1v) is 10.0. The lowest BCUT2D eigenvalue weighted by Gasteiger charge is -2.12. The number of urea groups is 1. The summed E-state index contributed by atoms with van der Waals surface area (Å²) in [7, 11) is 1.27. The Kier molecular flexibility index (Phi) is 6.71. The van der Waals surface area contributed by atoms with Gasteiger partial charge in [-0.2, -0.15) is 0 Å². The first kappa shape index (κ1) is 21.1. The molecular formula is C20H16Br2N2O5. The van der Waals surface area contributed by atoms with Gasteiger partial charge in [0, 0.05) is 14.5 Å². The van der Waals surface area contributed by atoms with Crippen LogP contribution in [0.1, 0.15) is 11.1 Å². The Hall–Kier alpha value is -2.65. The van der Waals surface area contributed by atoms with Crippen molar-refractivity contribution in [3.05, 3.63) is 68.2 Å². The van der Waals surface area contributed by atoms with Crippen LogP contribution in [0.25, 0.3) is 6.08 Å². The Balaban J connectivity index is 1.82. The minimum atomic E-state index is -0.530. The van der Waals surface area contributed by atoms with Gasteiger partial charge in [-0.1, -0.05) is 44.0 Å². The quantitative estimate of drug-likeness (QED) is 0.353. The third-order valence-corrected chi connectivity index (χ3v) is 5.08. The summed E-state index contributed by atoms with van der Waals surface area (Å²) in [4.78, 5) is 37.5. The molecule has 0 aliphatic carbocycles. The van der Waals surface area contributed by atoms with E-state index in [1.54, 1.807) is 18.2 Å². The second-order valence-electron chi connectivity index (χ2n) is 6.05. The van der Waals surface area contributed by atoms with Gasteiger partial charge in [0.15, 0.2) is 6.61 Å². The summed E-state index contributed by atoms with van der Waals surface area (Å²) in [6.07, 6.45) is 1.51. The number of halogens is 2. The molecule has 7 nitrogen and oxygen atoms in total. The fraction of sp³-hybridized carbons (Fsp3) is 0.150. The highest BCUT2D eigenvalue weighted by Gasteiger charge is 2.33. The minimum absolute atomic E-state index is 0.119. The van der Waals surface area contributed by atoms with Crippen molar-refractivity contribution in [1.29, 1.82) is 0 Å². The van der Waals surface area contributed by atoms with Gasteiger partial charge in [-0.15, -0.1) is 0 Å². The number of hydrogen-bond acceptors (Lipinski definition) is 5. The summed E-state index contributed by atoms with van der Waals surface area (Å²) >= 11 is 6.72. The van der Waals surface area contributed by atoms with Crippen molar-refractivity contribution in [2.75, 3.05) is 13.7 Å². The van der Waals surface area contributed by atoms with Crippen molar-refractivity contribution in [1.82, 2.24) is 10.2 Å². The standard InChI is InChI=1S/C20H16Br2N2O5/c1-28-18(25)11-29-17-7-6-15(22)8-13(17)9-16-19(26)24(20(27)23-16)10-12-2-4-14(21)5-3-12/h2-9H,10-11H2,1H3,(H,23,27)/b16-9+.